The number of carbonyl (C=O) groups is 2. The first-order valence-corrected chi connectivity index (χ1v) is 9.72. The van der Waals surface area contributed by atoms with E-state index in [1.54, 1.807) is 35.6 Å². The maximum absolute atomic E-state index is 12.0. The van der Waals surface area contributed by atoms with Crippen molar-refractivity contribution in [3.63, 3.8) is 0 Å². The monoisotopic (exact) mass is 382 g/mol. The second-order valence-corrected chi connectivity index (χ2v) is 7.24. The number of anilines is 2. The van der Waals surface area contributed by atoms with E-state index in [2.05, 4.69) is 21.7 Å². The van der Waals surface area contributed by atoms with Crippen molar-refractivity contribution in [2.75, 3.05) is 17.2 Å². The molecule has 0 radical (unpaired) electrons. The summed E-state index contributed by atoms with van der Waals surface area (Å²) >= 11 is 1.65. The Kier molecular flexibility index (Phi) is 6.38. The van der Waals surface area contributed by atoms with E-state index in [9.17, 15) is 9.59 Å². The van der Waals surface area contributed by atoms with Crippen molar-refractivity contribution >= 4 is 44.2 Å². The fraction of sp³-hybridized carbons (Fsp3) is 0.250. The lowest BCUT2D eigenvalue weighted by molar-refractivity contribution is -0.116. The zero-order valence-electron chi connectivity index (χ0n) is 14.9. The molecule has 0 aliphatic rings. The number of fused-ring (bicyclic) bond motifs is 1. The number of amides is 2. The molecular weight excluding hydrogens is 360 g/mol. The van der Waals surface area contributed by atoms with E-state index in [0.29, 0.717) is 17.7 Å². The van der Waals surface area contributed by atoms with Crippen molar-refractivity contribution in [1.29, 1.82) is 0 Å². The molecule has 0 atom stereocenters. The second-order valence-electron chi connectivity index (χ2n) is 6.21. The van der Waals surface area contributed by atoms with Gasteiger partial charge in [-0.25, -0.2) is 4.98 Å². The van der Waals surface area contributed by atoms with E-state index < -0.39 is 5.91 Å². The minimum Gasteiger partial charge on any atom is -0.366 e. The van der Waals surface area contributed by atoms with Gasteiger partial charge in [0.1, 0.15) is 0 Å². The average Bonchev–Trinajstić information content (AvgIpc) is 3.08. The molecule has 0 saturated heterocycles. The summed E-state index contributed by atoms with van der Waals surface area (Å²) in [6.07, 6.45) is 3.24. The standard InChI is InChI=1S/C20H22N4O2S/c21-19(26)14-9-11-15(12-10-14)23-18(25)8-2-1-5-13-22-20-24-16-6-3-4-7-17(16)27-20/h3-4,6-7,9-12H,1-2,5,8,13H2,(H2,21,26)(H,22,24)(H,23,25). The molecule has 0 spiro atoms. The van der Waals surface area contributed by atoms with Gasteiger partial charge in [-0.15, -0.1) is 0 Å². The molecule has 4 N–H and O–H groups in total. The molecule has 27 heavy (non-hydrogen) atoms. The molecule has 3 rings (SSSR count). The maximum atomic E-state index is 12.0. The Bertz CT molecular complexity index is 888. The highest BCUT2D eigenvalue weighted by Gasteiger charge is 2.05. The SMILES string of the molecule is NC(=O)c1ccc(NC(=O)CCCCCNc2nc3ccccc3s2)cc1. The van der Waals surface area contributed by atoms with E-state index >= 15 is 0 Å². The second kappa shape index (κ2) is 9.14. The molecule has 1 heterocycles. The van der Waals surface area contributed by atoms with Crippen LogP contribution in [0.3, 0.4) is 0 Å². The summed E-state index contributed by atoms with van der Waals surface area (Å²) in [5.74, 6) is -0.506. The first-order chi connectivity index (χ1) is 13.1. The Morgan fingerprint density at radius 2 is 1.78 bits per heavy atom. The summed E-state index contributed by atoms with van der Waals surface area (Å²) in [6.45, 7) is 0.843. The van der Waals surface area contributed by atoms with Crippen molar-refractivity contribution in [3.05, 3.63) is 54.1 Å². The Labute approximate surface area is 161 Å². The van der Waals surface area contributed by atoms with Crippen LogP contribution in [0.5, 0.6) is 0 Å². The molecular formula is C20H22N4O2S. The van der Waals surface area contributed by atoms with Crippen LogP contribution in [0.1, 0.15) is 36.0 Å². The average molecular weight is 382 g/mol. The van der Waals surface area contributed by atoms with Crippen LogP contribution < -0.4 is 16.4 Å². The highest BCUT2D eigenvalue weighted by molar-refractivity contribution is 7.22. The van der Waals surface area contributed by atoms with E-state index in [4.69, 9.17) is 5.73 Å². The zero-order chi connectivity index (χ0) is 19.1. The summed E-state index contributed by atoms with van der Waals surface area (Å²) in [5.41, 5.74) is 7.31. The Hall–Kier alpha value is -2.93. The lowest BCUT2D eigenvalue weighted by Gasteiger charge is -2.06. The van der Waals surface area contributed by atoms with Gasteiger partial charge in [0.2, 0.25) is 11.8 Å². The lowest BCUT2D eigenvalue weighted by atomic mass is 10.1. The van der Waals surface area contributed by atoms with Crippen LogP contribution in [0, 0.1) is 0 Å². The Morgan fingerprint density at radius 3 is 2.52 bits per heavy atom. The van der Waals surface area contributed by atoms with Gasteiger partial charge in [-0.05, 0) is 49.2 Å². The number of nitrogens with one attached hydrogen (secondary N) is 2. The molecule has 0 aliphatic carbocycles. The number of hydrogen-bond donors (Lipinski definition) is 3. The summed E-state index contributed by atoms with van der Waals surface area (Å²) in [7, 11) is 0. The van der Waals surface area contributed by atoms with Crippen molar-refractivity contribution in [2.24, 2.45) is 5.73 Å². The summed E-state index contributed by atoms with van der Waals surface area (Å²) in [4.78, 5) is 27.5. The van der Waals surface area contributed by atoms with Crippen LogP contribution >= 0.6 is 11.3 Å². The van der Waals surface area contributed by atoms with Crippen LogP contribution in [0.4, 0.5) is 10.8 Å². The first kappa shape index (κ1) is 18.8. The predicted octanol–water partition coefficient (Wildman–Crippen LogP) is 4.01. The van der Waals surface area contributed by atoms with Crippen molar-refractivity contribution in [1.82, 2.24) is 4.98 Å². The van der Waals surface area contributed by atoms with Gasteiger partial charge in [-0.2, -0.15) is 0 Å². The molecule has 0 unspecified atom stereocenters. The molecule has 7 heteroatoms. The van der Waals surface area contributed by atoms with E-state index in [1.807, 2.05) is 18.2 Å². The topological polar surface area (TPSA) is 97.1 Å². The van der Waals surface area contributed by atoms with Crippen molar-refractivity contribution in [3.8, 4) is 0 Å². The number of thiazole rings is 1. The lowest BCUT2D eigenvalue weighted by Crippen LogP contribution is -2.13. The molecule has 0 aliphatic heterocycles. The highest BCUT2D eigenvalue weighted by atomic mass is 32.1. The van der Waals surface area contributed by atoms with Crippen LogP contribution in [-0.2, 0) is 4.79 Å². The van der Waals surface area contributed by atoms with Gasteiger partial charge < -0.3 is 16.4 Å². The molecule has 2 aromatic carbocycles. The number of unbranched alkanes of at least 4 members (excludes halogenated alkanes) is 2. The molecule has 6 nitrogen and oxygen atoms in total. The fourth-order valence-corrected chi connectivity index (χ4v) is 3.56. The predicted molar refractivity (Wildman–Crippen MR) is 110 cm³/mol. The molecule has 1 aromatic heterocycles. The smallest absolute Gasteiger partial charge is 0.248 e. The van der Waals surface area contributed by atoms with Gasteiger partial charge in [0.25, 0.3) is 0 Å². The number of para-hydroxylation sites is 1. The van der Waals surface area contributed by atoms with Gasteiger partial charge in [-0.3, -0.25) is 9.59 Å². The number of primary amides is 1. The highest BCUT2D eigenvalue weighted by Crippen LogP contribution is 2.25. The Morgan fingerprint density at radius 1 is 1.00 bits per heavy atom. The molecule has 2 amide bonds. The van der Waals surface area contributed by atoms with Crippen LogP contribution in [-0.4, -0.2) is 23.3 Å². The summed E-state index contributed by atoms with van der Waals surface area (Å²) in [6, 6.07) is 14.6. The molecule has 0 saturated carbocycles. The number of rotatable bonds is 9. The third-order valence-electron chi connectivity index (χ3n) is 4.10. The first-order valence-electron chi connectivity index (χ1n) is 8.91. The van der Waals surface area contributed by atoms with E-state index in [-0.39, 0.29) is 5.91 Å². The molecule has 140 valence electrons. The van der Waals surface area contributed by atoms with Crippen molar-refractivity contribution < 1.29 is 9.59 Å². The number of aromatic nitrogens is 1. The van der Waals surface area contributed by atoms with Crippen LogP contribution in [0.15, 0.2) is 48.5 Å². The van der Waals surface area contributed by atoms with Crippen LogP contribution in [0.25, 0.3) is 10.2 Å². The van der Waals surface area contributed by atoms with Gasteiger partial charge >= 0.3 is 0 Å². The summed E-state index contributed by atoms with van der Waals surface area (Å²) in [5, 5.41) is 7.11. The minimum atomic E-state index is -0.479. The molecule has 0 bridgehead atoms. The zero-order valence-corrected chi connectivity index (χ0v) is 15.7. The fourth-order valence-electron chi connectivity index (χ4n) is 2.67. The summed E-state index contributed by atoms with van der Waals surface area (Å²) < 4.78 is 1.18. The number of hydrogen-bond acceptors (Lipinski definition) is 5. The molecule has 3 aromatic rings. The minimum absolute atomic E-state index is 0.0269. The van der Waals surface area contributed by atoms with Gasteiger partial charge in [0.15, 0.2) is 5.13 Å². The van der Waals surface area contributed by atoms with Crippen molar-refractivity contribution in [2.45, 2.75) is 25.7 Å². The molecule has 0 fully saturated rings. The number of benzene rings is 2. The van der Waals surface area contributed by atoms with E-state index in [0.717, 1.165) is 36.5 Å². The van der Waals surface area contributed by atoms with Crippen LogP contribution in [0.2, 0.25) is 0 Å². The third-order valence-corrected chi connectivity index (χ3v) is 5.10. The quantitative estimate of drug-likeness (QED) is 0.487. The largest absolute Gasteiger partial charge is 0.366 e. The third kappa shape index (κ3) is 5.52. The van der Waals surface area contributed by atoms with Gasteiger partial charge in [-0.1, -0.05) is 29.9 Å². The van der Waals surface area contributed by atoms with E-state index in [1.165, 1.54) is 4.70 Å². The maximum Gasteiger partial charge on any atom is 0.248 e. The Balaban J connectivity index is 1.31. The van der Waals surface area contributed by atoms with Gasteiger partial charge in [0.05, 0.1) is 10.2 Å². The number of nitrogens with zero attached hydrogens (tertiary/aromatic N) is 1. The van der Waals surface area contributed by atoms with Gasteiger partial charge in [0, 0.05) is 24.2 Å². The number of nitrogens with two attached hydrogens (primary N) is 1. The number of carbonyl (C=O) groups excluding carboxylic acids is 2. The normalized spacial score (nSPS) is 10.7.